The molecule has 98 valence electrons. The van der Waals surface area contributed by atoms with Crippen molar-refractivity contribution in [3.63, 3.8) is 0 Å². The zero-order chi connectivity index (χ0) is 14.2. The number of thiophene rings is 1. The van der Waals surface area contributed by atoms with Gasteiger partial charge in [0.1, 0.15) is 5.69 Å². The molecule has 2 rings (SSSR count). The molecule has 0 radical (unpaired) electrons. The van der Waals surface area contributed by atoms with Gasteiger partial charge >= 0.3 is 5.69 Å². The summed E-state index contributed by atoms with van der Waals surface area (Å²) in [5.74, 6) is -1.01. The first-order valence-corrected chi connectivity index (χ1v) is 5.87. The van der Waals surface area contributed by atoms with Crippen LogP contribution in [0.3, 0.4) is 0 Å². The van der Waals surface area contributed by atoms with Gasteiger partial charge in [-0.05, 0) is 13.0 Å². The number of nitrogens with two attached hydrogens (primary N) is 1. The SMILES string of the molecule is CC(=O)c1cc([N+](=O)[O-])c(-n2ccc(C(N)=O)n2)s1. The van der Waals surface area contributed by atoms with Crippen molar-refractivity contribution in [1.29, 1.82) is 0 Å². The maximum Gasteiger partial charge on any atom is 0.306 e. The Hall–Kier alpha value is -2.55. The number of nitrogens with zero attached hydrogens (tertiary/aromatic N) is 3. The third kappa shape index (κ3) is 2.36. The molecular formula is C10H8N4O4S. The number of carbonyl (C=O) groups excluding carboxylic acids is 2. The van der Waals surface area contributed by atoms with Gasteiger partial charge in [0.15, 0.2) is 10.8 Å². The van der Waals surface area contributed by atoms with Crippen LogP contribution in [0, 0.1) is 10.1 Å². The molecule has 0 aliphatic carbocycles. The minimum atomic E-state index is -0.732. The van der Waals surface area contributed by atoms with Gasteiger partial charge in [-0.1, -0.05) is 0 Å². The van der Waals surface area contributed by atoms with Gasteiger partial charge < -0.3 is 5.73 Å². The van der Waals surface area contributed by atoms with E-state index in [1.807, 2.05) is 0 Å². The normalized spacial score (nSPS) is 10.4. The van der Waals surface area contributed by atoms with Crippen LogP contribution in [-0.2, 0) is 0 Å². The predicted molar refractivity (Wildman–Crippen MR) is 66.6 cm³/mol. The molecule has 8 nitrogen and oxygen atoms in total. The van der Waals surface area contributed by atoms with E-state index in [1.54, 1.807) is 0 Å². The molecule has 0 spiro atoms. The zero-order valence-corrected chi connectivity index (χ0v) is 10.5. The van der Waals surface area contributed by atoms with E-state index in [1.165, 1.54) is 25.3 Å². The van der Waals surface area contributed by atoms with E-state index in [0.717, 1.165) is 16.0 Å². The van der Waals surface area contributed by atoms with E-state index in [0.29, 0.717) is 0 Å². The standard InChI is InChI=1S/C10H8N4O4S/c1-5(15)8-4-7(14(17)18)10(19-8)13-3-2-6(12-13)9(11)16/h2-4H,1H3,(H2,11,16). The fraction of sp³-hybridized carbons (Fsp3) is 0.100. The lowest BCUT2D eigenvalue weighted by Gasteiger charge is -1.95. The van der Waals surface area contributed by atoms with E-state index in [-0.39, 0.29) is 27.0 Å². The van der Waals surface area contributed by atoms with Crippen LogP contribution in [0.4, 0.5) is 5.69 Å². The van der Waals surface area contributed by atoms with E-state index >= 15 is 0 Å². The number of Topliss-reactive ketones (excluding diaryl/α,β-unsaturated/α-hetero) is 1. The Morgan fingerprint density at radius 2 is 2.21 bits per heavy atom. The molecule has 0 saturated heterocycles. The molecule has 0 aromatic carbocycles. The van der Waals surface area contributed by atoms with E-state index < -0.39 is 10.8 Å². The lowest BCUT2D eigenvalue weighted by Crippen LogP contribution is -2.12. The Labute approximate surface area is 110 Å². The van der Waals surface area contributed by atoms with Crippen molar-refractivity contribution in [2.45, 2.75) is 6.92 Å². The van der Waals surface area contributed by atoms with Crippen molar-refractivity contribution in [3.05, 3.63) is 39.0 Å². The van der Waals surface area contributed by atoms with Gasteiger partial charge in [-0.15, -0.1) is 11.3 Å². The summed E-state index contributed by atoms with van der Waals surface area (Å²) in [5.41, 5.74) is 4.81. The highest BCUT2D eigenvalue weighted by Crippen LogP contribution is 2.32. The van der Waals surface area contributed by atoms with Crippen molar-refractivity contribution in [2.24, 2.45) is 5.73 Å². The lowest BCUT2D eigenvalue weighted by atomic mass is 10.3. The van der Waals surface area contributed by atoms with E-state index in [2.05, 4.69) is 5.10 Å². The van der Waals surface area contributed by atoms with Crippen molar-refractivity contribution in [1.82, 2.24) is 9.78 Å². The monoisotopic (exact) mass is 280 g/mol. The van der Waals surface area contributed by atoms with Crippen LogP contribution >= 0.6 is 11.3 Å². The molecule has 0 bridgehead atoms. The van der Waals surface area contributed by atoms with E-state index in [4.69, 9.17) is 5.73 Å². The Morgan fingerprint density at radius 1 is 1.53 bits per heavy atom. The summed E-state index contributed by atoms with van der Waals surface area (Å²) >= 11 is 0.931. The second-order valence-electron chi connectivity index (χ2n) is 3.62. The van der Waals surface area contributed by atoms with Crippen molar-refractivity contribution >= 4 is 28.7 Å². The summed E-state index contributed by atoms with van der Waals surface area (Å²) in [6.45, 7) is 1.32. The van der Waals surface area contributed by atoms with Crippen LogP contribution in [0.2, 0.25) is 0 Å². The Morgan fingerprint density at radius 3 is 2.68 bits per heavy atom. The fourth-order valence-electron chi connectivity index (χ4n) is 1.41. The topological polar surface area (TPSA) is 121 Å². The second-order valence-corrected chi connectivity index (χ2v) is 4.65. The number of hydrogen-bond acceptors (Lipinski definition) is 6. The molecule has 0 aliphatic rings. The van der Waals surface area contributed by atoms with Gasteiger partial charge in [0, 0.05) is 12.3 Å². The maximum atomic E-state index is 11.3. The molecule has 0 aliphatic heterocycles. The third-order valence-electron chi connectivity index (χ3n) is 2.29. The summed E-state index contributed by atoms with van der Waals surface area (Å²) in [6, 6.07) is 2.53. The fourth-order valence-corrected chi connectivity index (χ4v) is 2.36. The van der Waals surface area contributed by atoms with Gasteiger partial charge in [0.25, 0.3) is 5.91 Å². The van der Waals surface area contributed by atoms with Gasteiger partial charge in [-0.25, -0.2) is 4.68 Å². The van der Waals surface area contributed by atoms with Crippen LogP contribution in [0.15, 0.2) is 18.3 Å². The van der Waals surface area contributed by atoms with Crippen LogP contribution < -0.4 is 5.73 Å². The number of nitro groups is 1. The van der Waals surface area contributed by atoms with Crippen LogP contribution in [0.25, 0.3) is 5.00 Å². The Balaban J connectivity index is 2.56. The number of primary amides is 1. The number of aromatic nitrogens is 2. The zero-order valence-electron chi connectivity index (χ0n) is 9.69. The van der Waals surface area contributed by atoms with Gasteiger partial charge in [-0.3, -0.25) is 19.7 Å². The van der Waals surface area contributed by atoms with Crippen LogP contribution in [0.1, 0.15) is 27.1 Å². The highest BCUT2D eigenvalue weighted by Gasteiger charge is 2.23. The summed E-state index contributed by atoms with van der Waals surface area (Å²) < 4.78 is 1.16. The number of ketones is 1. The Bertz CT molecular complexity index is 688. The number of rotatable bonds is 4. The van der Waals surface area contributed by atoms with Crippen molar-refractivity contribution in [3.8, 4) is 5.00 Å². The highest BCUT2D eigenvalue weighted by molar-refractivity contribution is 7.17. The molecule has 2 aromatic heterocycles. The molecule has 0 atom stereocenters. The molecule has 0 unspecified atom stereocenters. The lowest BCUT2D eigenvalue weighted by molar-refractivity contribution is -0.384. The first-order valence-electron chi connectivity index (χ1n) is 5.05. The molecule has 1 amide bonds. The van der Waals surface area contributed by atoms with Crippen molar-refractivity contribution < 1.29 is 14.5 Å². The second kappa shape index (κ2) is 4.61. The quantitative estimate of drug-likeness (QED) is 0.511. The molecular weight excluding hydrogens is 272 g/mol. The average molecular weight is 280 g/mol. The van der Waals surface area contributed by atoms with Gasteiger partial charge in [0.05, 0.1) is 9.80 Å². The predicted octanol–water partition coefficient (Wildman–Crippen LogP) is 1.14. The molecule has 2 N–H and O–H groups in total. The first-order chi connectivity index (χ1) is 8.90. The first kappa shape index (κ1) is 12.9. The molecule has 2 aromatic rings. The third-order valence-corrected chi connectivity index (χ3v) is 3.50. The van der Waals surface area contributed by atoms with Gasteiger partial charge in [-0.2, -0.15) is 5.10 Å². The summed E-state index contributed by atoms with van der Waals surface area (Å²) in [7, 11) is 0. The summed E-state index contributed by atoms with van der Waals surface area (Å²) in [4.78, 5) is 32.8. The largest absolute Gasteiger partial charge is 0.364 e. The number of amides is 1. The molecule has 9 heteroatoms. The van der Waals surface area contributed by atoms with Crippen LogP contribution in [-0.4, -0.2) is 26.4 Å². The minimum absolute atomic E-state index is 0.00734. The maximum absolute atomic E-state index is 11.3. The molecule has 19 heavy (non-hydrogen) atoms. The molecule has 0 saturated carbocycles. The average Bonchev–Trinajstić information content (AvgIpc) is 2.95. The highest BCUT2D eigenvalue weighted by atomic mass is 32.1. The smallest absolute Gasteiger partial charge is 0.306 e. The van der Waals surface area contributed by atoms with E-state index in [9.17, 15) is 19.7 Å². The minimum Gasteiger partial charge on any atom is -0.364 e. The number of carbonyl (C=O) groups is 2. The summed E-state index contributed by atoms with van der Waals surface area (Å²) in [6.07, 6.45) is 1.38. The molecule has 0 fully saturated rings. The molecule has 2 heterocycles. The number of hydrogen-bond donors (Lipinski definition) is 1. The summed E-state index contributed by atoms with van der Waals surface area (Å²) in [5, 5.41) is 14.9. The van der Waals surface area contributed by atoms with Gasteiger partial charge in [0.2, 0.25) is 0 Å². The Kier molecular flexibility index (Phi) is 3.13. The van der Waals surface area contributed by atoms with Crippen LogP contribution in [0.5, 0.6) is 0 Å². The van der Waals surface area contributed by atoms with Crippen molar-refractivity contribution in [2.75, 3.05) is 0 Å².